The minimum atomic E-state index is -4.77. The van der Waals surface area contributed by atoms with Crippen LogP contribution in [0.15, 0.2) is 79.1 Å². The lowest BCUT2D eigenvalue weighted by molar-refractivity contribution is -0.141. The molecular formula is C24H16F3N5O2. The number of anilines is 1. The third kappa shape index (κ3) is 4.79. The van der Waals surface area contributed by atoms with Crippen LogP contribution >= 0.6 is 0 Å². The van der Waals surface area contributed by atoms with Gasteiger partial charge in [0.25, 0.3) is 5.91 Å². The molecule has 0 fully saturated rings. The van der Waals surface area contributed by atoms with Crippen LogP contribution in [0.5, 0.6) is 0 Å². The van der Waals surface area contributed by atoms with Crippen LogP contribution in [0.4, 0.5) is 24.5 Å². The number of nitrogens with one attached hydrogen (secondary N) is 1. The molecule has 4 rings (SSSR count). The molecule has 0 spiro atoms. The van der Waals surface area contributed by atoms with Gasteiger partial charge >= 0.3 is 6.18 Å². The maximum absolute atomic E-state index is 13.3. The Kier molecular flexibility index (Phi) is 6.12. The van der Waals surface area contributed by atoms with Crippen LogP contribution in [0.1, 0.15) is 33.4 Å². The monoisotopic (exact) mass is 463 g/mol. The molecule has 1 atom stereocenters. The number of hydrogen-bond donors (Lipinski definition) is 2. The number of benzene rings is 2. The van der Waals surface area contributed by atoms with Gasteiger partial charge in [0.05, 0.1) is 12.3 Å². The highest BCUT2D eigenvalue weighted by molar-refractivity contribution is 6.03. The largest absolute Gasteiger partial charge is 0.435 e. The van der Waals surface area contributed by atoms with Gasteiger partial charge in [-0.3, -0.25) is 9.78 Å². The number of nitrogens with zero attached hydrogens (tertiary/aromatic N) is 4. The molecule has 0 saturated heterocycles. The molecule has 7 nitrogen and oxygen atoms in total. The summed E-state index contributed by atoms with van der Waals surface area (Å²) in [5.74, 6) is -0.841. The predicted octanol–water partition coefficient (Wildman–Crippen LogP) is 5.17. The molecule has 34 heavy (non-hydrogen) atoms. The first-order valence-electron chi connectivity index (χ1n) is 9.91. The smallest absolute Gasteiger partial charge is 0.384 e. The molecule has 0 saturated carbocycles. The first kappa shape index (κ1) is 22.7. The molecule has 0 aliphatic heterocycles. The minimum Gasteiger partial charge on any atom is -0.384 e. The van der Waals surface area contributed by atoms with Crippen LogP contribution in [-0.4, -0.2) is 25.8 Å². The highest BCUT2D eigenvalue weighted by Gasteiger charge is 2.36. The summed E-state index contributed by atoms with van der Waals surface area (Å²) in [7, 11) is 0. The number of carbonyl (C=O) groups excluding carboxylic acids is 1. The summed E-state index contributed by atoms with van der Waals surface area (Å²) >= 11 is 0. The molecule has 0 radical (unpaired) electrons. The summed E-state index contributed by atoms with van der Waals surface area (Å²) in [5.41, 5.74) is 0.0418. The van der Waals surface area contributed by atoms with Gasteiger partial charge in [0, 0.05) is 24.1 Å². The van der Waals surface area contributed by atoms with E-state index in [0.29, 0.717) is 17.2 Å². The summed E-state index contributed by atoms with van der Waals surface area (Å²) in [5, 5.41) is 16.7. The first-order chi connectivity index (χ1) is 16.3. The van der Waals surface area contributed by atoms with Crippen molar-refractivity contribution in [2.45, 2.75) is 12.3 Å². The molecule has 0 aliphatic carbocycles. The van der Waals surface area contributed by atoms with E-state index in [2.05, 4.69) is 20.2 Å². The van der Waals surface area contributed by atoms with Gasteiger partial charge in [-0.1, -0.05) is 24.3 Å². The molecule has 0 bridgehead atoms. The molecule has 4 aromatic rings. The fourth-order valence-electron chi connectivity index (χ4n) is 3.29. The summed E-state index contributed by atoms with van der Waals surface area (Å²) in [4.78, 5) is 20.2. The standard InChI is InChI=1S/C24H16F3N5O2/c1-28-17-5-3-7-19(13-17)32-20(14-21(31-32)24(25,26)27)23(34)30-18-6-2-4-16(12-18)22(33)15-8-10-29-11-9-15/h2-14,22,33H,(H,30,34). The van der Waals surface area contributed by atoms with E-state index in [4.69, 9.17) is 6.57 Å². The summed E-state index contributed by atoms with van der Waals surface area (Å²) in [6, 6.07) is 16.0. The Hall–Kier alpha value is -4.49. The van der Waals surface area contributed by atoms with E-state index >= 15 is 0 Å². The fraction of sp³-hybridized carbons (Fsp3) is 0.0833. The molecule has 2 N–H and O–H groups in total. The van der Waals surface area contributed by atoms with Crippen LogP contribution in [0, 0.1) is 6.57 Å². The van der Waals surface area contributed by atoms with Crippen molar-refractivity contribution in [3.8, 4) is 5.69 Å². The fourth-order valence-corrected chi connectivity index (χ4v) is 3.29. The minimum absolute atomic E-state index is 0.135. The normalized spacial score (nSPS) is 12.1. The Labute approximate surface area is 191 Å². The van der Waals surface area contributed by atoms with Crippen LogP contribution < -0.4 is 5.32 Å². The Morgan fingerprint density at radius 3 is 2.47 bits per heavy atom. The number of aliphatic hydroxyl groups excluding tert-OH is 1. The number of hydrogen-bond acceptors (Lipinski definition) is 4. The maximum Gasteiger partial charge on any atom is 0.435 e. The highest BCUT2D eigenvalue weighted by Crippen LogP contribution is 2.31. The summed E-state index contributed by atoms with van der Waals surface area (Å²) in [6.45, 7) is 7.12. The zero-order valence-corrected chi connectivity index (χ0v) is 17.4. The lowest BCUT2D eigenvalue weighted by atomic mass is 10.0. The van der Waals surface area contributed by atoms with Crippen molar-refractivity contribution in [3.05, 3.63) is 113 Å². The van der Waals surface area contributed by atoms with Crippen molar-refractivity contribution >= 4 is 17.3 Å². The first-order valence-corrected chi connectivity index (χ1v) is 9.91. The van der Waals surface area contributed by atoms with Gasteiger partial charge < -0.3 is 10.4 Å². The lowest BCUT2D eigenvalue weighted by Gasteiger charge is -2.13. The molecule has 10 heteroatoms. The quantitative estimate of drug-likeness (QED) is 0.400. The van der Waals surface area contributed by atoms with Gasteiger partial charge in [0.1, 0.15) is 11.8 Å². The lowest BCUT2D eigenvalue weighted by Crippen LogP contribution is -2.17. The number of carbonyl (C=O) groups is 1. The molecule has 2 aromatic heterocycles. The zero-order valence-electron chi connectivity index (χ0n) is 17.4. The van der Waals surface area contributed by atoms with E-state index < -0.39 is 23.9 Å². The van der Waals surface area contributed by atoms with Gasteiger partial charge in [-0.25, -0.2) is 9.53 Å². The van der Waals surface area contributed by atoms with Crippen molar-refractivity contribution in [2.75, 3.05) is 5.32 Å². The Bertz CT molecular complexity index is 1380. The third-order valence-electron chi connectivity index (χ3n) is 4.92. The van der Waals surface area contributed by atoms with Crippen molar-refractivity contribution < 1.29 is 23.1 Å². The molecule has 2 aromatic carbocycles. The molecule has 1 unspecified atom stereocenters. The third-order valence-corrected chi connectivity index (χ3v) is 4.92. The second-order valence-corrected chi connectivity index (χ2v) is 7.22. The van der Waals surface area contributed by atoms with Crippen LogP contribution in [-0.2, 0) is 6.18 Å². The van der Waals surface area contributed by atoms with Gasteiger partial charge in [-0.2, -0.15) is 18.3 Å². The van der Waals surface area contributed by atoms with Gasteiger partial charge in [0.15, 0.2) is 11.4 Å². The number of rotatable bonds is 5. The second kappa shape index (κ2) is 9.17. The van der Waals surface area contributed by atoms with Crippen molar-refractivity contribution in [3.63, 3.8) is 0 Å². The Morgan fingerprint density at radius 2 is 1.76 bits per heavy atom. The number of amides is 1. The number of halogens is 3. The van der Waals surface area contributed by atoms with E-state index in [1.165, 1.54) is 42.7 Å². The Balaban J connectivity index is 1.67. The number of pyridine rings is 1. The molecular weight excluding hydrogens is 447 g/mol. The predicted molar refractivity (Wildman–Crippen MR) is 118 cm³/mol. The SMILES string of the molecule is [C-]#[N+]c1cccc(-n2nc(C(F)(F)F)cc2C(=O)Nc2cccc(C(O)c3ccncc3)c2)c1. The van der Waals surface area contributed by atoms with Crippen molar-refractivity contribution in [2.24, 2.45) is 0 Å². The molecule has 0 aliphatic rings. The molecule has 170 valence electrons. The van der Waals surface area contributed by atoms with E-state index in [9.17, 15) is 23.1 Å². The Morgan fingerprint density at radius 1 is 1.03 bits per heavy atom. The van der Waals surface area contributed by atoms with Gasteiger partial charge in [-0.15, -0.1) is 0 Å². The second-order valence-electron chi connectivity index (χ2n) is 7.22. The zero-order chi connectivity index (χ0) is 24.3. The highest BCUT2D eigenvalue weighted by atomic mass is 19.4. The van der Waals surface area contributed by atoms with E-state index in [0.717, 1.165) is 4.68 Å². The van der Waals surface area contributed by atoms with E-state index in [1.807, 2.05) is 0 Å². The maximum atomic E-state index is 13.3. The van der Waals surface area contributed by atoms with E-state index in [1.54, 1.807) is 30.3 Å². The topological polar surface area (TPSA) is 84.4 Å². The summed E-state index contributed by atoms with van der Waals surface area (Å²) in [6.07, 6.45) is -2.69. The average Bonchev–Trinajstić information content (AvgIpc) is 3.31. The number of aliphatic hydroxyl groups is 1. The van der Waals surface area contributed by atoms with Crippen LogP contribution in [0.3, 0.4) is 0 Å². The molecule has 1 amide bonds. The number of aromatic nitrogens is 3. The van der Waals surface area contributed by atoms with Gasteiger partial charge in [0.2, 0.25) is 0 Å². The van der Waals surface area contributed by atoms with Gasteiger partial charge in [-0.05, 0) is 47.5 Å². The number of alkyl halides is 3. The van der Waals surface area contributed by atoms with Crippen LogP contribution in [0.2, 0.25) is 0 Å². The molecule has 2 heterocycles. The van der Waals surface area contributed by atoms with Crippen molar-refractivity contribution in [1.29, 1.82) is 0 Å². The van der Waals surface area contributed by atoms with Crippen LogP contribution in [0.25, 0.3) is 10.5 Å². The van der Waals surface area contributed by atoms with Crippen molar-refractivity contribution in [1.82, 2.24) is 14.8 Å². The van der Waals surface area contributed by atoms with E-state index in [-0.39, 0.29) is 22.8 Å². The average molecular weight is 463 g/mol. The summed E-state index contributed by atoms with van der Waals surface area (Å²) < 4.78 is 40.9.